The molecule has 3 rings (SSSR count). The molecule has 0 aliphatic carbocycles. The van der Waals surface area contributed by atoms with Crippen LogP contribution < -0.4 is 0 Å². The van der Waals surface area contributed by atoms with Crippen molar-refractivity contribution < 1.29 is 14.1 Å². The second-order valence-electron chi connectivity index (χ2n) is 4.75. The number of hydrogen-bond acceptors (Lipinski definition) is 4. The zero-order chi connectivity index (χ0) is 16.2. The standard InChI is InChI=1S/C17H11BrClNO3/c18-15-4-2-1-3-14(15)17(21)22-10-13-9-16(23-20-13)11-5-7-12(19)8-6-11/h1-9H,10H2. The van der Waals surface area contributed by atoms with Gasteiger partial charge in [-0.05, 0) is 52.3 Å². The first-order valence-corrected chi connectivity index (χ1v) is 7.94. The number of aromatic nitrogens is 1. The molecule has 0 bridgehead atoms. The summed E-state index contributed by atoms with van der Waals surface area (Å²) in [6.45, 7) is 0.0389. The maximum absolute atomic E-state index is 12.0. The molecule has 1 aromatic heterocycles. The summed E-state index contributed by atoms with van der Waals surface area (Å²) in [5.74, 6) is 0.169. The summed E-state index contributed by atoms with van der Waals surface area (Å²) < 4.78 is 11.2. The van der Waals surface area contributed by atoms with Crippen molar-refractivity contribution in [2.45, 2.75) is 6.61 Å². The Bertz CT molecular complexity index is 830. The van der Waals surface area contributed by atoms with Gasteiger partial charge in [0.25, 0.3) is 0 Å². The molecule has 6 heteroatoms. The quantitative estimate of drug-likeness (QED) is 0.579. The van der Waals surface area contributed by atoms with E-state index in [1.165, 1.54) is 0 Å². The number of carbonyl (C=O) groups is 1. The highest BCUT2D eigenvalue weighted by atomic mass is 79.9. The molecule has 0 saturated heterocycles. The Balaban J connectivity index is 1.67. The van der Waals surface area contributed by atoms with Crippen LogP contribution in [0.2, 0.25) is 5.02 Å². The Morgan fingerprint density at radius 2 is 1.91 bits per heavy atom. The van der Waals surface area contributed by atoms with Crippen LogP contribution in [0.3, 0.4) is 0 Å². The number of nitrogens with zero attached hydrogens (tertiary/aromatic N) is 1. The number of esters is 1. The first-order chi connectivity index (χ1) is 11.1. The van der Waals surface area contributed by atoms with E-state index in [9.17, 15) is 4.79 Å². The third-order valence-corrected chi connectivity index (χ3v) is 4.08. The van der Waals surface area contributed by atoms with Crippen LogP contribution in [0.1, 0.15) is 16.1 Å². The highest BCUT2D eigenvalue weighted by Gasteiger charge is 2.13. The topological polar surface area (TPSA) is 52.3 Å². The van der Waals surface area contributed by atoms with E-state index in [0.717, 1.165) is 5.56 Å². The van der Waals surface area contributed by atoms with Gasteiger partial charge in [-0.15, -0.1) is 0 Å². The minimum absolute atomic E-state index is 0.0389. The molecule has 116 valence electrons. The van der Waals surface area contributed by atoms with Crippen molar-refractivity contribution in [1.29, 1.82) is 0 Å². The van der Waals surface area contributed by atoms with Gasteiger partial charge in [0, 0.05) is 21.1 Å². The molecule has 0 unspecified atom stereocenters. The second kappa shape index (κ2) is 6.98. The van der Waals surface area contributed by atoms with Gasteiger partial charge in [-0.2, -0.15) is 0 Å². The van der Waals surface area contributed by atoms with Crippen molar-refractivity contribution in [3.05, 3.63) is 75.4 Å². The van der Waals surface area contributed by atoms with Crippen molar-refractivity contribution in [3.63, 3.8) is 0 Å². The molecule has 0 saturated carbocycles. The fraction of sp³-hybridized carbons (Fsp3) is 0.0588. The molecule has 0 N–H and O–H groups in total. The molecule has 0 aliphatic heterocycles. The van der Waals surface area contributed by atoms with E-state index in [2.05, 4.69) is 21.1 Å². The van der Waals surface area contributed by atoms with E-state index in [0.29, 0.717) is 26.5 Å². The van der Waals surface area contributed by atoms with Crippen LogP contribution in [0.25, 0.3) is 11.3 Å². The number of carbonyl (C=O) groups excluding carboxylic acids is 1. The van der Waals surface area contributed by atoms with Crippen LogP contribution in [-0.2, 0) is 11.3 Å². The lowest BCUT2D eigenvalue weighted by atomic mass is 10.2. The molecule has 0 amide bonds. The predicted molar refractivity (Wildman–Crippen MR) is 90.2 cm³/mol. The van der Waals surface area contributed by atoms with Crippen LogP contribution in [-0.4, -0.2) is 11.1 Å². The van der Waals surface area contributed by atoms with Gasteiger partial charge in [0.2, 0.25) is 0 Å². The van der Waals surface area contributed by atoms with Gasteiger partial charge in [0.05, 0.1) is 5.56 Å². The van der Waals surface area contributed by atoms with Gasteiger partial charge in [-0.1, -0.05) is 28.9 Å². The highest BCUT2D eigenvalue weighted by molar-refractivity contribution is 9.10. The molecule has 0 radical (unpaired) electrons. The fourth-order valence-electron chi connectivity index (χ4n) is 1.97. The lowest BCUT2D eigenvalue weighted by Crippen LogP contribution is -2.06. The molecular weight excluding hydrogens is 382 g/mol. The van der Waals surface area contributed by atoms with Gasteiger partial charge >= 0.3 is 5.97 Å². The fourth-order valence-corrected chi connectivity index (χ4v) is 2.55. The van der Waals surface area contributed by atoms with Crippen LogP contribution in [0.4, 0.5) is 0 Å². The molecule has 0 aliphatic rings. The third kappa shape index (κ3) is 3.81. The SMILES string of the molecule is O=C(OCc1cc(-c2ccc(Cl)cc2)on1)c1ccccc1Br. The van der Waals surface area contributed by atoms with Gasteiger partial charge < -0.3 is 9.26 Å². The molecule has 0 atom stereocenters. The second-order valence-corrected chi connectivity index (χ2v) is 6.04. The lowest BCUT2D eigenvalue weighted by molar-refractivity contribution is 0.0463. The van der Waals surface area contributed by atoms with Gasteiger partial charge in [-0.3, -0.25) is 0 Å². The summed E-state index contributed by atoms with van der Waals surface area (Å²) in [6, 6.07) is 16.0. The number of benzene rings is 2. The monoisotopic (exact) mass is 391 g/mol. The summed E-state index contributed by atoms with van der Waals surface area (Å²) in [7, 11) is 0. The molecule has 2 aromatic carbocycles. The van der Waals surface area contributed by atoms with E-state index in [1.807, 2.05) is 18.2 Å². The summed E-state index contributed by atoms with van der Waals surface area (Å²) in [5, 5.41) is 4.56. The van der Waals surface area contributed by atoms with Gasteiger partial charge in [0.1, 0.15) is 12.3 Å². The lowest BCUT2D eigenvalue weighted by Gasteiger charge is -2.03. The minimum Gasteiger partial charge on any atom is -0.455 e. The zero-order valence-corrected chi connectivity index (χ0v) is 14.2. The van der Waals surface area contributed by atoms with Crippen molar-refractivity contribution >= 4 is 33.5 Å². The molecule has 0 fully saturated rings. The van der Waals surface area contributed by atoms with E-state index < -0.39 is 5.97 Å². The smallest absolute Gasteiger partial charge is 0.339 e. The molecule has 23 heavy (non-hydrogen) atoms. The maximum Gasteiger partial charge on any atom is 0.339 e. The molecule has 3 aromatic rings. The van der Waals surface area contributed by atoms with Crippen LogP contribution >= 0.6 is 27.5 Å². The minimum atomic E-state index is -0.423. The maximum atomic E-state index is 12.0. The Hall–Kier alpha value is -2.11. The number of rotatable bonds is 4. The highest BCUT2D eigenvalue weighted by Crippen LogP contribution is 2.23. The van der Waals surface area contributed by atoms with Gasteiger partial charge in [-0.25, -0.2) is 4.79 Å². The zero-order valence-electron chi connectivity index (χ0n) is 11.8. The Labute approximate surface area is 146 Å². The van der Waals surface area contributed by atoms with Crippen LogP contribution in [0.15, 0.2) is 63.6 Å². The molecular formula is C17H11BrClNO3. The summed E-state index contributed by atoms with van der Waals surface area (Å²) >= 11 is 9.17. The van der Waals surface area contributed by atoms with Crippen LogP contribution in [0.5, 0.6) is 0 Å². The van der Waals surface area contributed by atoms with Crippen LogP contribution in [0, 0.1) is 0 Å². The molecule has 0 spiro atoms. The number of halogens is 2. The third-order valence-electron chi connectivity index (χ3n) is 3.13. The van der Waals surface area contributed by atoms with E-state index in [-0.39, 0.29) is 6.61 Å². The Kier molecular flexibility index (Phi) is 4.79. The Morgan fingerprint density at radius 1 is 1.17 bits per heavy atom. The summed E-state index contributed by atoms with van der Waals surface area (Å²) in [5.41, 5.74) is 1.86. The summed E-state index contributed by atoms with van der Waals surface area (Å²) in [6.07, 6.45) is 0. The van der Waals surface area contributed by atoms with E-state index in [1.54, 1.807) is 36.4 Å². The van der Waals surface area contributed by atoms with Gasteiger partial charge in [0.15, 0.2) is 5.76 Å². The summed E-state index contributed by atoms with van der Waals surface area (Å²) in [4.78, 5) is 12.0. The largest absolute Gasteiger partial charge is 0.455 e. The first-order valence-electron chi connectivity index (χ1n) is 6.76. The van der Waals surface area contributed by atoms with E-state index in [4.69, 9.17) is 20.9 Å². The molecule has 1 heterocycles. The van der Waals surface area contributed by atoms with Crippen molar-refractivity contribution in [3.8, 4) is 11.3 Å². The van der Waals surface area contributed by atoms with Crippen molar-refractivity contribution in [1.82, 2.24) is 5.16 Å². The van der Waals surface area contributed by atoms with Crippen molar-refractivity contribution in [2.24, 2.45) is 0 Å². The first kappa shape index (κ1) is 15.8. The number of hydrogen-bond donors (Lipinski definition) is 0. The molecule has 4 nitrogen and oxygen atoms in total. The van der Waals surface area contributed by atoms with E-state index >= 15 is 0 Å². The average molecular weight is 393 g/mol. The normalized spacial score (nSPS) is 10.5. The predicted octanol–water partition coefficient (Wildman–Crippen LogP) is 5.11. The average Bonchev–Trinajstić information content (AvgIpc) is 3.03. The number of ether oxygens (including phenoxy) is 1. The Morgan fingerprint density at radius 3 is 2.65 bits per heavy atom. The van der Waals surface area contributed by atoms with Crippen molar-refractivity contribution in [2.75, 3.05) is 0 Å².